The first kappa shape index (κ1) is 12.6. The minimum Gasteiger partial charge on any atom is -0.494 e. The fourth-order valence-electron chi connectivity index (χ4n) is 1.70. The third-order valence-corrected chi connectivity index (χ3v) is 2.64. The molecule has 0 heterocycles. The second kappa shape index (κ2) is 6.23. The average Bonchev–Trinajstić information content (AvgIpc) is 2.31. The van der Waals surface area contributed by atoms with E-state index in [1.165, 1.54) is 11.1 Å². The maximum Gasteiger partial charge on any atom is 0.122 e. The molecule has 0 spiro atoms. The van der Waals surface area contributed by atoms with Crippen molar-refractivity contribution in [3.8, 4) is 18.1 Å². The number of benzene rings is 1. The topological polar surface area (TPSA) is 9.23 Å². The van der Waals surface area contributed by atoms with E-state index in [4.69, 9.17) is 11.2 Å². The van der Waals surface area contributed by atoms with Crippen molar-refractivity contribution in [1.82, 2.24) is 0 Å². The molecule has 0 aliphatic rings. The van der Waals surface area contributed by atoms with Gasteiger partial charge in [0.25, 0.3) is 0 Å². The van der Waals surface area contributed by atoms with Crippen molar-refractivity contribution in [2.45, 2.75) is 33.6 Å². The molecule has 0 saturated heterocycles. The summed E-state index contributed by atoms with van der Waals surface area (Å²) in [4.78, 5) is 0. The molecule has 1 unspecified atom stereocenters. The van der Waals surface area contributed by atoms with E-state index in [0.29, 0.717) is 6.61 Å². The van der Waals surface area contributed by atoms with Crippen LogP contribution in [0.4, 0.5) is 0 Å². The predicted molar refractivity (Wildman–Crippen MR) is 68.7 cm³/mol. The van der Waals surface area contributed by atoms with Crippen molar-refractivity contribution in [1.29, 1.82) is 0 Å². The summed E-state index contributed by atoms with van der Waals surface area (Å²) in [6.45, 7) is 6.92. The van der Waals surface area contributed by atoms with E-state index in [-0.39, 0.29) is 5.92 Å². The maximum absolute atomic E-state index is 5.61. The Morgan fingerprint density at radius 2 is 2.12 bits per heavy atom. The number of ether oxygens (including phenoxy) is 1. The number of hydrogen-bond acceptors (Lipinski definition) is 1. The fraction of sp³-hybridized carbons (Fsp3) is 0.467. The molecular formula is C15H20O. The minimum absolute atomic E-state index is 0.256. The Hall–Kier alpha value is -1.42. The molecule has 0 aliphatic heterocycles. The summed E-state index contributed by atoms with van der Waals surface area (Å²) in [7, 11) is 0. The molecular weight excluding hydrogens is 196 g/mol. The van der Waals surface area contributed by atoms with Gasteiger partial charge < -0.3 is 4.74 Å². The van der Waals surface area contributed by atoms with Gasteiger partial charge in [0.2, 0.25) is 0 Å². The van der Waals surface area contributed by atoms with Crippen molar-refractivity contribution in [3.05, 3.63) is 29.3 Å². The van der Waals surface area contributed by atoms with Crippen LogP contribution in [0.5, 0.6) is 5.75 Å². The van der Waals surface area contributed by atoms with E-state index < -0.39 is 0 Å². The van der Waals surface area contributed by atoms with Gasteiger partial charge in [-0.05, 0) is 37.0 Å². The zero-order valence-electron chi connectivity index (χ0n) is 10.4. The number of hydrogen-bond donors (Lipinski definition) is 0. The van der Waals surface area contributed by atoms with Crippen LogP contribution in [0.2, 0.25) is 0 Å². The van der Waals surface area contributed by atoms with Gasteiger partial charge in [-0.15, -0.1) is 12.3 Å². The first-order valence-corrected chi connectivity index (χ1v) is 5.92. The lowest BCUT2D eigenvalue weighted by Gasteiger charge is -2.13. The van der Waals surface area contributed by atoms with Crippen LogP contribution >= 0.6 is 0 Å². The van der Waals surface area contributed by atoms with Gasteiger partial charge in [0.15, 0.2) is 0 Å². The van der Waals surface area contributed by atoms with Crippen molar-refractivity contribution < 1.29 is 4.74 Å². The van der Waals surface area contributed by atoms with Crippen molar-refractivity contribution >= 4 is 0 Å². The zero-order valence-corrected chi connectivity index (χ0v) is 10.4. The summed E-state index contributed by atoms with van der Waals surface area (Å²) in [6, 6.07) is 6.38. The number of aryl methyl sites for hydroxylation is 1. The molecule has 1 aromatic rings. The van der Waals surface area contributed by atoms with Gasteiger partial charge in [-0.3, -0.25) is 0 Å². The molecule has 16 heavy (non-hydrogen) atoms. The molecule has 0 bridgehead atoms. The second-order valence-electron chi connectivity index (χ2n) is 4.00. The Kier molecular flexibility index (Phi) is 4.92. The summed E-state index contributed by atoms with van der Waals surface area (Å²) in [5.41, 5.74) is 2.56. The molecule has 0 fully saturated rings. The Morgan fingerprint density at radius 3 is 2.69 bits per heavy atom. The first-order chi connectivity index (χ1) is 7.71. The lowest BCUT2D eigenvalue weighted by Crippen LogP contribution is -2.02. The van der Waals surface area contributed by atoms with Crippen molar-refractivity contribution in [3.63, 3.8) is 0 Å². The molecule has 0 amide bonds. The van der Waals surface area contributed by atoms with Gasteiger partial charge in [-0.25, -0.2) is 0 Å². The zero-order chi connectivity index (χ0) is 12.0. The maximum atomic E-state index is 5.61. The SMILES string of the molecule is C#CC(C)Cc1cc(CC)ccc1OCC. The van der Waals surface area contributed by atoms with Gasteiger partial charge in [-0.2, -0.15) is 0 Å². The van der Waals surface area contributed by atoms with Gasteiger partial charge in [0.1, 0.15) is 5.75 Å². The van der Waals surface area contributed by atoms with Gasteiger partial charge in [0.05, 0.1) is 6.61 Å². The van der Waals surface area contributed by atoms with Crippen molar-refractivity contribution in [2.24, 2.45) is 5.92 Å². The van der Waals surface area contributed by atoms with E-state index >= 15 is 0 Å². The third kappa shape index (κ3) is 3.31. The van der Waals surface area contributed by atoms with Gasteiger partial charge in [0, 0.05) is 5.92 Å². The minimum atomic E-state index is 0.256. The second-order valence-corrected chi connectivity index (χ2v) is 4.00. The molecule has 86 valence electrons. The molecule has 0 saturated carbocycles. The summed E-state index contributed by atoms with van der Waals surface area (Å²) in [6.07, 6.45) is 7.36. The van der Waals surface area contributed by atoms with Crippen LogP contribution in [0.25, 0.3) is 0 Å². The average molecular weight is 216 g/mol. The van der Waals surface area contributed by atoms with Crippen LogP contribution < -0.4 is 4.74 Å². The Labute approximate surface area is 98.8 Å². The van der Waals surface area contributed by atoms with Gasteiger partial charge in [-0.1, -0.05) is 26.0 Å². The highest BCUT2D eigenvalue weighted by Crippen LogP contribution is 2.23. The standard InChI is InChI=1S/C15H20O/c1-5-12(4)10-14-11-13(6-2)8-9-15(14)16-7-3/h1,8-9,11-12H,6-7,10H2,2-4H3. The molecule has 1 nitrogen and oxygen atoms in total. The molecule has 0 radical (unpaired) electrons. The van der Waals surface area contributed by atoms with E-state index in [1.807, 2.05) is 6.92 Å². The van der Waals surface area contributed by atoms with Crippen LogP contribution in [0.3, 0.4) is 0 Å². The summed E-state index contributed by atoms with van der Waals surface area (Å²) >= 11 is 0. The van der Waals surface area contributed by atoms with Crippen LogP contribution in [0, 0.1) is 18.3 Å². The van der Waals surface area contributed by atoms with Crippen LogP contribution in [-0.2, 0) is 12.8 Å². The third-order valence-electron chi connectivity index (χ3n) is 2.64. The van der Waals surface area contributed by atoms with E-state index in [2.05, 4.69) is 38.0 Å². The molecule has 1 heteroatoms. The molecule has 0 aliphatic carbocycles. The molecule has 1 atom stereocenters. The highest BCUT2D eigenvalue weighted by atomic mass is 16.5. The quantitative estimate of drug-likeness (QED) is 0.685. The lowest BCUT2D eigenvalue weighted by molar-refractivity contribution is 0.335. The van der Waals surface area contributed by atoms with E-state index in [9.17, 15) is 0 Å². The normalized spacial score (nSPS) is 11.9. The highest BCUT2D eigenvalue weighted by molar-refractivity contribution is 5.38. The fourth-order valence-corrected chi connectivity index (χ4v) is 1.70. The van der Waals surface area contributed by atoms with Crippen LogP contribution in [0.15, 0.2) is 18.2 Å². The largest absolute Gasteiger partial charge is 0.494 e. The summed E-state index contributed by atoms with van der Waals surface area (Å²) in [5.74, 6) is 3.99. The highest BCUT2D eigenvalue weighted by Gasteiger charge is 2.07. The van der Waals surface area contributed by atoms with Crippen molar-refractivity contribution in [2.75, 3.05) is 6.61 Å². The van der Waals surface area contributed by atoms with Gasteiger partial charge >= 0.3 is 0 Å². The monoisotopic (exact) mass is 216 g/mol. The molecule has 0 N–H and O–H groups in total. The molecule has 0 aromatic heterocycles. The Balaban J connectivity index is 2.96. The van der Waals surface area contributed by atoms with E-state index in [0.717, 1.165) is 18.6 Å². The summed E-state index contributed by atoms with van der Waals surface area (Å²) < 4.78 is 5.61. The first-order valence-electron chi connectivity index (χ1n) is 5.92. The smallest absolute Gasteiger partial charge is 0.122 e. The Morgan fingerprint density at radius 1 is 1.38 bits per heavy atom. The molecule has 1 rings (SSSR count). The summed E-state index contributed by atoms with van der Waals surface area (Å²) in [5, 5.41) is 0. The predicted octanol–water partition coefficient (Wildman–Crippen LogP) is 3.46. The molecule has 1 aromatic carbocycles. The van der Waals surface area contributed by atoms with Crippen LogP contribution in [-0.4, -0.2) is 6.61 Å². The van der Waals surface area contributed by atoms with E-state index in [1.54, 1.807) is 0 Å². The number of terminal acetylenes is 1. The lowest BCUT2D eigenvalue weighted by atomic mass is 9.98. The Bertz CT molecular complexity index is 374. The van der Waals surface area contributed by atoms with Crippen LogP contribution in [0.1, 0.15) is 31.9 Å². The number of rotatable bonds is 5.